The van der Waals surface area contributed by atoms with Crippen LogP contribution >= 0.6 is 27.5 Å². The largest absolute Gasteiger partial charge is 0.494 e. The van der Waals surface area contributed by atoms with Gasteiger partial charge >= 0.3 is 0 Å². The highest BCUT2D eigenvalue weighted by molar-refractivity contribution is 9.10. The van der Waals surface area contributed by atoms with Gasteiger partial charge in [0.25, 0.3) is 10.0 Å². The second-order valence-electron chi connectivity index (χ2n) is 9.36. The molecular formula is C30H35BrClN3O5S. The standard InChI is InChI=1S/C30H35BrClN3O5S/c1-4-6-18-33-30(37)22(3)34(20-23-8-7-9-24(31)19-23)29(36)21-35(26-12-14-27(15-13-26)40-5-2)41(38,39)28-16-10-25(32)11-17-28/h7-17,19,22H,4-6,18,20-21H2,1-3H3,(H,33,37)/t22-/m0/s1. The molecule has 8 nitrogen and oxygen atoms in total. The van der Waals surface area contributed by atoms with Gasteiger partial charge in [-0.15, -0.1) is 0 Å². The smallest absolute Gasteiger partial charge is 0.264 e. The van der Waals surface area contributed by atoms with E-state index in [0.717, 1.165) is 27.2 Å². The third-order valence-corrected chi connectivity index (χ3v) is 8.89. The molecule has 0 aliphatic rings. The van der Waals surface area contributed by atoms with Crippen LogP contribution in [0.25, 0.3) is 0 Å². The molecule has 3 rings (SSSR count). The molecule has 0 radical (unpaired) electrons. The van der Waals surface area contributed by atoms with Crippen molar-refractivity contribution >= 4 is 55.1 Å². The zero-order valence-corrected chi connectivity index (χ0v) is 26.5. The zero-order valence-electron chi connectivity index (χ0n) is 23.3. The summed E-state index contributed by atoms with van der Waals surface area (Å²) in [4.78, 5) is 28.4. The molecule has 0 saturated heterocycles. The lowest BCUT2D eigenvalue weighted by atomic mass is 10.1. The van der Waals surface area contributed by atoms with Gasteiger partial charge in [0.05, 0.1) is 17.2 Å². The van der Waals surface area contributed by atoms with Crippen LogP contribution in [-0.2, 0) is 26.2 Å². The van der Waals surface area contributed by atoms with E-state index in [1.54, 1.807) is 31.2 Å². The third kappa shape index (κ3) is 8.95. The summed E-state index contributed by atoms with van der Waals surface area (Å²) < 4.78 is 35.2. The van der Waals surface area contributed by atoms with Crippen LogP contribution in [0.5, 0.6) is 5.75 Å². The number of hydrogen-bond donors (Lipinski definition) is 1. The van der Waals surface area contributed by atoms with Crippen molar-refractivity contribution in [2.45, 2.75) is 51.1 Å². The Balaban J connectivity index is 2.00. The average Bonchev–Trinajstić information content (AvgIpc) is 2.95. The van der Waals surface area contributed by atoms with E-state index in [1.807, 2.05) is 38.1 Å². The lowest BCUT2D eigenvalue weighted by Gasteiger charge is -2.32. The topological polar surface area (TPSA) is 96.0 Å². The predicted octanol–water partition coefficient (Wildman–Crippen LogP) is 6.03. The van der Waals surface area contributed by atoms with Crippen molar-refractivity contribution in [3.8, 4) is 5.75 Å². The van der Waals surface area contributed by atoms with Gasteiger partial charge in [0.2, 0.25) is 11.8 Å². The molecule has 1 N–H and O–H groups in total. The normalized spacial score (nSPS) is 11.9. The van der Waals surface area contributed by atoms with Gasteiger partial charge in [0.15, 0.2) is 0 Å². The first-order valence-corrected chi connectivity index (χ1v) is 16.0. The maximum absolute atomic E-state index is 14.0. The lowest BCUT2D eigenvalue weighted by Crippen LogP contribution is -2.51. The van der Waals surface area contributed by atoms with Crippen molar-refractivity contribution in [3.63, 3.8) is 0 Å². The second-order valence-corrected chi connectivity index (χ2v) is 12.6. The monoisotopic (exact) mass is 663 g/mol. The van der Waals surface area contributed by atoms with Crippen molar-refractivity contribution < 1.29 is 22.7 Å². The number of carbonyl (C=O) groups excluding carboxylic acids is 2. The number of sulfonamides is 1. The number of hydrogen-bond acceptors (Lipinski definition) is 5. The fraction of sp³-hybridized carbons (Fsp3) is 0.333. The summed E-state index contributed by atoms with van der Waals surface area (Å²) in [7, 11) is -4.19. The van der Waals surface area contributed by atoms with Crippen molar-refractivity contribution in [1.29, 1.82) is 0 Å². The maximum Gasteiger partial charge on any atom is 0.264 e. The zero-order chi connectivity index (χ0) is 30.0. The van der Waals surface area contributed by atoms with Crippen LogP contribution in [0.3, 0.4) is 0 Å². The number of anilines is 1. The number of unbranched alkanes of at least 4 members (excludes halogenated alkanes) is 1. The number of halogens is 2. The molecule has 0 aliphatic heterocycles. The molecule has 0 spiro atoms. The van der Waals surface area contributed by atoms with Gasteiger partial charge in [0.1, 0.15) is 18.3 Å². The Labute approximate surface area is 255 Å². The minimum Gasteiger partial charge on any atom is -0.494 e. The predicted molar refractivity (Wildman–Crippen MR) is 166 cm³/mol. The van der Waals surface area contributed by atoms with Gasteiger partial charge in [-0.3, -0.25) is 13.9 Å². The summed E-state index contributed by atoms with van der Waals surface area (Å²) in [5, 5.41) is 3.27. The molecule has 0 fully saturated rings. The Morgan fingerprint density at radius 1 is 1.02 bits per heavy atom. The first kappa shape index (κ1) is 32.4. The summed E-state index contributed by atoms with van der Waals surface area (Å²) >= 11 is 9.46. The minimum absolute atomic E-state index is 0.0209. The van der Waals surface area contributed by atoms with E-state index in [9.17, 15) is 18.0 Å². The van der Waals surface area contributed by atoms with Crippen molar-refractivity contribution in [2.75, 3.05) is 24.0 Å². The lowest BCUT2D eigenvalue weighted by molar-refractivity contribution is -0.139. The number of nitrogens with one attached hydrogen (secondary N) is 1. The van der Waals surface area contributed by atoms with E-state index < -0.39 is 28.5 Å². The molecule has 0 aromatic heterocycles. The van der Waals surface area contributed by atoms with Gasteiger partial charge in [-0.25, -0.2) is 8.42 Å². The highest BCUT2D eigenvalue weighted by Gasteiger charge is 2.32. The fourth-order valence-electron chi connectivity index (χ4n) is 4.09. The number of benzene rings is 3. The SMILES string of the molecule is CCCCNC(=O)[C@H](C)N(Cc1cccc(Br)c1)C(=O)CN(c1ccc(OCC)cc1)S(=O)(=O)c1ccc(Cl)cc1. The molecule has 0 unspecified atom stereocenters. The Hall–Kier alpha value is -3.08. The molecule has 11 heteroatoms. The van der Waals surface area contributed by atoms with Crippen LogP contribution in [0, 0.1) is 0 Å². The van der Waals surface area contributed by atoms with Gasteiger partial charge in [-0.05, 0) is 86.5 Å². The Morgan fingerprint density at radius 2 is 1.71 bits per heavy atom. The van der Waals surface area contributed by atoms with Gasteiger partial charge in [0, 0.05) is 22.6 Å². The van der Waals surface area contributed by atoms with Crippen LogP contribution in [0.4, 0.5) is 5.69 Å². The minimum atomic E-state index is -4.19. The number of rotatable bonds is 14. The number of carbonyl (C=O) groups is 2. The van der Waals surface area contributed by atoms with E-state index in [0.29, 0.717) is 23.9 Å². The molecule has 3 aromatic carbocycles. The second kappa shape index (κ2) is 15.2. The van der Waals surface area contributed by atoms with E-state index in [2.05, 4.69) is 21.2 Å². The summed E-state index contributed by atoms with van der Waals surface area (Å²) in [6, 6.07) is 18.8. The van der Waals surface area contributed by atoms with Crippen LogP contribution < -0.4 is 14.4 Å². The number of ether oxygens (including phenoxy) is 1. The first-order chi connectivity index (χ1) is 19.6. The summed E-state index contributed by atoms with van der Waals surface area (Å²) in [5.74, 6) is -0.274. The third-order valence-electron chi connectivity index (χ3n) is 6.36. The quantitative estimate of drug-likeness (QED) is 0.213. The van der Waals surface area contributed by atoms with Crippen LogP contribution in [0.1, 0.15) is 39.2 Å². The molecule has 220 valence electrons. The molecule has 0 aliphatic carbocycles. The Bertz CT molecular complexity index is 1420. The van der Waals surface area contributed by atoms with Gasteiger partial charge in [-0.2, -0.15) is 0 Å². The van der Waals surface area contributed by atoms with E-state index >= 15 is 0 Å². The molecule has 0 bridgehead atoms. The van der Waals surface area contributed by atoms with Gasteiger partial charge in [-0.1, -0.05) is 53.0 Å². The number of amides is 2. The van der Waals surface area contributed by atoms with Crippen molar-refractivity contribution in [3.05, 3.63) is 87.9 Å². The Morgan fingerprint density at radius 3 is 2.32 bits per heavy atom. The summed E-state index contributed by atoms with van der Waals surface area (Å²) in [6.07, 6.45) is 1.72. The van der Waals surface area contributed by atoms with Crippen molar-refractivity contribution in [1.82, 2.24) is 10.2 Å². The summed E-state index contributed by atoms with van der Waals surface area (Å²) in [5.41, 5.74) is 1.06. The van der Waals surface area contributed by atoms with Crippen LogP contribution in [-0.4, -0.2) is 50.9 Å². The van der Waals surface area contributed by atoms with E-state index in [-0.39, 0.29) is 23.0 Å². The highest BCUT2D eigenvalue weighted by Crippen LogP contribution is 2.27. The molecule has 2 amide bonds. The first-order valence-electron chi connectivity index (χ1n) is 13.4. The molecule has 1 atom stereocenters. The Kier molecular flexibility index (Phi) is 12.1. The van der Waals surface area contributed by atoms with Crippen LogP contribution in [0.2, 0.25) is 5.02 Å². The van der Waals surface area contributed by atoms with Crippen LogP contribution in [0.15, 0.2) is 82.2 Å². The van der Waals surface area contributed by atoms with E-state index in [4.69, 9.17) is 16.3 Å². The number of nitrogens with zero attached hydrogens (tertiary/aromatic N) is 2. The van der Waals surface area contributed by atoms with E-state index in [1.165, 1.54) is 29.2 Å². The summed E-state index contributed by atoms with van der Waals surface area (Å²) in [6.45, 7) is 6.04. The molecule has 0 heterocycles. The highest BCUT2D eigenvalue weighted by atomic mass is 79.9. The van der Waals surface area contributed by atoms with Crippen molar-refractivity contribution in [2.24, 2.45) is 0 Å². The maximum atomic E-state index is 14.0. The molecular weight excluding hydrogens is 630 g/mol. The van der Waals surface area contributed by atoms with Gasteiger partial charge < -0.3 is 15.0 Å². The fourth-order valence-corrected chi connectivity index (χ4v) is 6.08. The molecule has 0 saturated carbocycles. The average molecular weight is 665 g/mol. The molecule has 3 aromatic rings. The molecule has 41 heavy (non-hydrogen) atoms.